The van der Waals surface area contributed by atoms with Crippen molar-refractivity contribution in [3.05, 3.63) is 96.1 Å². The molecule has 0 saturated carbocycles. The van der Waals surface area contributed by atoms with Crippen molar-refractivity contribution in [1.82, 2.24) is 25.3 Å². The van der Waals surface area contributed by atoms with Crippen molar-refractivity contribution in [3.8, 4) is 17.2 Å². The van der Waals surface area contributed by atoms with Gasteiger partial charge in [0.25, 0.3) is 5.91 Å². The largest absolute Gasteiger partial charge is 0.493 e. The van der Waals surface area contributed by atoms with Crippen LogP contribution >= 0.6 is 11.6 Å². The number of amides is 7. The monoisotopic (exact) mass is 1180 g/mol. The lowest BCUT2D eigenvalue weighted by molar-refractivity contribution is -0.119. The van der Waals surface area contributed by atoms with Crippen LogP contribution < -0.4 is 40.4 Å². The summed E-state index contributed by atoms with van der Waals surface area (Å²) in [5.41, 5.74) is 2.15. The fourth-order valence-corrected chi connectivity index (χ4v) is 10.5. The number of piperazine rings is 1. The van der Waals surface area contributed by atoms with Crippen molar-refractivity contribution >= 4 is 81.5 Å². The van der Waals surface area contributed by atoms with Gasteiger partial charge < -0.3 is 69.1 Å². The lowest BCUT2D eigenvalue weighted by Gasteiger charge is -2.31. The van der Waals surface area contributed by atoms with Gasteiger partial charge in [-0.3, -0.25) is 19.7 Å². The first-order valence-corrected chi connectivity index (χ1v) is 29.1. The van der Waals surface area contributed by atoms with Gasteiger partial charge in [-0.25, -0.2) is 19.2 Å². The van der Waals surface area contributed by atoms with Gasteiger partial charge in [0.2, 0.25) is 11.8 Å². The third-order valence-corrected chi connectivity index (χ3v) is 15.0. The summed E-state index contributed by atoms with van der Waals surface area (Å²) in [6.45, 7) is 12.3. The highest BCUT2D eigenvalue weighted by Crippen LogP contribution is 2.46. The average Bonchev–Trinajstić information content (AvgIpc) is 1.97. The van der Waals surface area contributed by atoms with Crippen molar-refractivity contribution in [2.24, 2.45) is 0 Å². The van der Waals surface area contributed by atoms with E-state index in [9.17, 15) is 38.7 Å². The number of likely N-dealkylation sites (tertiary alicyclic amines) is 1. The van der Waals surface area contributed by atoms with Crippen LogP contribution in [0.4, 0.5) is 36.2 Å². The van der Waals surface area contributed by atoms with Crippen molar-refractivity contribution in [1.29, 1.82) is 0 Å². The van der Waals surface area contributed by atoms with Gasteiger partial charge in [-0.05, 0) is 114 Å². The molecule has 3 aliphatic rings. The number of fused-ring (bicyclic) bond motifs is 3. The third-order valence-electron chi connectivity index (χ3n) is 14.6. The molecule has 0 spiro atoms. The fraction of sp³-hybridized carbons (Fsp3) is 0.492. The summed E-state index contributed by atoms with van der Waals surface area (Å²) in [7, 11) is 3.46. The topological polar surface area (TPSA) is 256 Å². The summed E-state index contributed by atoms with van der Waals surface area (Å²) >= 11 is 6.54. The first kappa shape index (κ1) is 63.8. The van der Waals surface area contributed by atoms with E-state index in [-0.39, 0.29) is 73.8 Å². The normalized spacial score (nSPS) is 16.2. The van der Waals surface area contributed by atoms with Gasteiger partial charge in [-0.1, -0.05) is 49.1 Å². The Morgan fingerprint density at radius 2 is 1.58 bits per heavy atom. The van der Waals surface area contributed by atoms with E-state index in [0.717, 1.165) is 29.4 Å². The minimum Gasteiger partial charge on any atom is -0.493 e. The molecular formula is C61H79ClN8O14. The first-order chi connectivity index (χ1) is 40.4. The SMILES string of the molecule is C=CCOC(=O)NC(CCCCNC(=O)OC(C)(C)C)C(=O)Nc1ccc(COC(=O)Nc2cc(OCCCCCC(=O)N3C[C@@H](CCl)c4c3cc(OC(=O)N3CCN(C)CC3)c3ccccc43)c(OC)cc2C(=O)N2CCC[C@H]2CO)cc1. The molecule has 0 aliphatic carbocycles. The highest BCUT2D eigenvalue weighted by Gasteiger charge is 2.36. The van der Waals surface area contributed by atoms with E-state index in [4.69, 9.17) is 40.0 Å². The number of hydrogen-bond acceptors (Lipinski definition) is 15. The molecule has 7 rings (SSSR count). The number of ether oxygens (including phenoxy) is 6. The minimum atomic E-state index is -0.976. The molecule has 1 unspecified atom stereocenters. The third kappa shape index (κ3) is 17.6. The van der Waals surface area contributed by atoms with E-state index in [1.807, 2.05) is 31.3 Å². The second-order valence-electron chi connectivity index (χ2n) is 21.9. The zero-order valence-electron chi connectivity index (χ0n) is 48.6. The molecule has 3 heterocycles. The number of aliphatic hydroxyl groups excluding tert-OH is 1. The molecule has 2 saturated heterocycles. The summed E-state index contributed by atoms with van der Waals surface area (Å²) in [5.74, 6) is 0.0546. The number of halogens is 1. The molecule has 454 valence electrons. The van der Waals surface area contributed by atoms with E-state index in [0.29, 0.717) is 106 Å². The number of aliphatic hydroxyl groups is 1. The second-order valence-corrected chi connectivity index (χ2v) is 22.3. The van der Waals surface area contributed by atoms with Crippen LogP contribution in [-0.4, -0.2) is 165 Å². The number of carbonyl (C=O) groups is 7. The zero-order chi connectivity index (χ0) is 60.3. The van der Waals surface area contributed by atoms with Crippen LogP contribution in [0.5, 0.6) is 17.2 Å². The van der Waals surface area contributed by atoms with Crippen molar-refractivity contribution in [2.45, 2.75) is 109 Å². The quantitative estimate of drug-likeness (QED) is 0.0179. The summed E-state index contributed by atoms with van der Waals surface area (Å²) < 4.78 is 33.9. The highest BCUT2D eigenvalue weighted by atomic mass is 35.5. The standard InChI is InChI=1S/C61H79ClN8O14/c1-7-31-81-58(76)65-47(19-12-13-25-63-57(75)84-61(2,3)4)55(73)64-42-23-21-40(22-24-42)39-82-59(77)66-48-34-52(51(79-6)33-46(48)56(74)69-26-15-16-43(69)38-71)80-32-14-8-9-20-53(72)70-37-41(36-62)54-45-18-11-10-17-44(45)50(35-49(54)70)83-60(78)68-29-27-67(5)28-30-68/h7,10-11,17-18,21-24,33-35,41,43,47,71H,1,8-9,12-16,19-20,25-32,36-39H2,2-6H3,(H,63,75)(H,64,73)(H,65,76)(H,66,77)/t41-,43+,47?/m1/s1. The maximum absolute atomic E-state index is 14.1. The summed E-state index contributed by atoms with van der Waals surface area (Å²) in [5, 5.41) is 22.5. The number of alkyl carbamates (subject to hydrolysis) is 2. The molecule has 23 heteroatoms. The Bertz CT molecular complexity index is 2970. The predicted octanol–water partition coefficient (Wildman–Crippen LogP) is 9.16. The van der Waals surface area contributed by atoms with E-state index < -0.39 is 53.9 Å². The number of alkyl halides is 1. The molecule has 7 amide bonds. The van der Waals surface area contributed by atoms with Crippen LogP contribution in [-0.2, 0) is 30.4 Å². The molecule has 22 nitrogen and oxygen atoms in total. The average molecular weight is 1180 g/mol. The molecule has 4 aromatic rings. The van der Waals surface area contributed by atoms with Crippen LogP contribution in [0.3, 0.4) is 0 Å². The molecule has 0 aromatic heterocycles. The lowest BCUT2D eigenvalue weighted by Crippen LogP contribution is -2.48. The van der Waals surface area contributed by atoms with Gasteiger partial charge in [0.1, 0.15) is 30.6 Å². The second kappa shape index (κ2) is 30.6. The van der Waals surface area contributed by atoms with E-state index in [2.05, 4.69) is 32.7 Å². The smallest absolute Gasteiger partial charge is 0.415 e. The van der Waals surface area contributed by atoms with Crippen LogP contribution in [0, 0.1) is 0 Å². The number of anilines is 3. The van der Waals surface area contributed by atoms with Gasteiger partial charge >= 0.3 is 24.4 Å². The Morgan fingerprint density at radius 3 is 2.29 bits per heavy atom. The maximum atomic E-state index is 14.1. The number of hydrogen-bond donors (Lipinski definition) is 5. The summed E-state index contributed by atoms with van der Waals surface area (Å²) in [6, 6.07) is 17.6. The molecule has 3 aliphatic heterocycles. The number of rotatable bonds is 25. The Hall–Kier alpha value is -7.82. The Morgan fingerprint density at radius 1 is 0.833 bits per heavy atom. The number of unbranched alkanes of at least 4 members (excludes halogenated alkanes) is 3. The van der Waals surface area contributed by atoms with Crippen LogP contribution in [0.2, 0.25) is 0 Å². The molecule has 3 atom stereocenters. The molecule has 84 heavy (non-hydrogen) atoms. The number of nitrogens with one attached hydrogen (secondary N) is 4. The van der Waals surface area contributed by atoms with E-state index in [1.165, 1.54) is 25.3 Å². The van der Waals surface area contributed by atoms with E-state index in [1.54, 1.807) is 65.8 Å². The van der Waals surface area contributed by atoms with Crippen molar-refractivity contribution < 1.29 is 67.1 Å². The molecular weight excluding hydrogens is 1100 g/mol. The summed E-state index contributed by atoms with van der Waals surface area (Å²) in [4.78, 5) is 100. The Kier molecular flexibility index (Phi) is 23.3. The molecule has 5 N–H and O–H groups in total. The van der Waals surface area contributed by atoms with Gasteiger partial charge in [-0.2, -0.15) is 0 Å². The Balaban J connectivity index is 0.944. The van der Waals surface area contributed by atoms with Crippen molar-refractivity contribution in [3.63, 3.8) is 0 Å². The maximum Gasteiger partial charge on any atom is 0.415 e. The summed E-state index contributed by atoms with van der Waals surface area (Å²) in [6.07, 6.45) is 3.22. The molecule has 0 bridgehead atoms. The van der Waals surface area contributed by atoms with Crippen LogP contribution in [0.15, 0.2) is 79.4 Å². The van der Waals surface area contributed by atoms with Crippen LogP contribution in [0.25, 0.3) is 10.8 Å². The molecule has 4 aromatic carbocycles. The fourth-order valence-electron chi connectivity index (χ4n) is 10.2. The van der Waals surface area contributed by atoms with Gasteiger partial charge in [0.15, 0.2) is 11.5 Å². The van der Waals surface area contributed by atoms with Gasteiger partial charge in [0, 0.05) is 87.2 Å². The number of methoxy groups -OCH3 is 1. The number of nitrogens with zero attached hydrogens (tertiary/aromatic N) is 4. The predicted molar refractivity (Wildman–Crippen MR) is 318 cm³/mol. The number of benzene rings is 4. The lowest BCUT2D eigenvalue weighted by atomic mass is 9.95. The van der Waals surface area contributed by atoms with Gasteiger partial charge in [-0.15, -0.1) is 11.6 Å². The number of likely N-dealkylation sites (N-methyl/N-ethyl adjacent to an activating group) is 1. The number of carbonyl (C=O) groups excluding carboxylic acids is 7. The highest BCUT2D eigenvalue weighted by molar-refractivity contribution is 6.19. The first-order valence-electron chi connectivity index (χ1n) is 28.6. The molecule has 0 radical (unpaired) electrons. The zero-order valence-corrected chi connectivity index (χ0v) is 49.4. The van der Waals surface area contributed by atoms with E-state index >= 15 is 0 Å². The molecule has 2 fully saturated rings. The Labute approximate surface area is 495 Å². The van der Waals surface area contributed by atoms with Crippen LogP contribution in [0.1, 0.15) is 106 Å². The minimum absolute atomic E-state index is 0.0524. The van der Waals surface area contributed by atoms with Crippen molar-refractivity contribution in [2.75, 3.05) is 101 Å². The van der Waals surface area contributed by atoms with Gasteiger partial charge in [0.05, 0.1) is 43.3 Å².